The van der Waals surface area contributed by atoms with Gasteiger partial charge in [-0.25, -0.2) is 12.8 Å². The highest BCUT2D eigenvalue weighted by molar-refractivity contribution is 7.89. The normalized spacial score (nSPS) is 14.8. The van der Waals surface area contributed by atoms with Gasteiger partial charge in [-0.05, 0) is 30.5 Å². The van der Waals surface area contributed by atoms with Crippen molar-refractivity contribution in [1.29, 1.82) is 0 Å². The van der Waals surface area contributed by atoms with Gasteiger partial charge in [0.05, 0.1) is 4.90 Å². The molecule has 2 N–H and O–H groups in total. The van der Waals surface area contributed by atoms with Gasteiger partial charge in [0, 0.05) is 0 Å². The molecule has 20 heavy (non-hydrogen) atoms. The Morgan fingerprint density at radius 2 is 2.05 bits per heavy atom. The van der Waals surface area contributed by atoms with Crippen LogP contribution in [0.4, 0.5) is 4.39 Å². The van der Waals surface area contributed by atoms with E-state index in [2.05, 4.69) is 4.72 Å². The molecular formula is C13H18FNO4S. The Morgan fingerprint density at radius 1 is 1.45 bits per heavy atom. The molecule has 0 aliphatic carbocycles. The fraction of sp³-hybridized carbons (Fsp3) is 0.462. The van der Waals surface area contributed by atoms with Crippen molar-refractivity contribution in [3.8, 4) is 0 Å². The van der Waals surface area contributed by atoms with Crippen molar-refractivity contribution in [3.63, 3.8) is 0 Å². The van der Waals surface area contributed by atoms with E-state index < -0.39 is 27.9 Å². The molecule has 0 saturated carbocycles. The number of halogens is 1. The number of hydrogen-bond donors (Lipinski definition) is 2. The fourth-order valence-electron chi connectivity index (χ4n) is 1.74. The molecule has 0 bridgehead atoms. The number of carboxylic acid groups (broad SMARTS) is 1. The molecule has 0 fully saturated rings. The van der Waals surface area contributed by atoms with Crippen molar-refractivity contribution in [2.75, 3.05) is 0 Å². The van der Waals surface area contributed by atoms with Crippen LogP contribution in [0.25, 0.3) is 0 Å². The number of sulfonamides is 1. The standard InChI is InChI=1S/C13H18FNO4S/c1-4-8(2)12(13(16)17)15-20(18,19)11-7-10(14)6-5-9(11)3/h5-8,12,15H,4H2,1-3H3,(H,16,17)/t8-,12-/m0/s1. The highest BCUT2D eigenvalue weighted by atomic mass is 32.2. The van der Waals surface area contributed by atoms with Crippen LogP contribution in [0.2, 0.25) is 0 Å². The van der Waals surface area contributed by atoms with E-state index in [1.165, 1.54) is 13.0 Å². The third-order valence-corrected chi connectivity index (χ3v) is 4.78. The molecule has 0 radical (unpaired) electrons. The van der Waals surface area contributed by atoms with E-state index >= 15 is 0 Å². The maximum absolute atomic E-state index is 13.2. The smallest absolute Gasteiger partial charge is 0.322 e. The predicted octanol–water partition coefficient (Wildman–Crippen LogP) is 1.91. The second kappa shape index (κ2) is 6.32. The van der Waals surface area contributed by atoms with Crippen LogP contribution in [0.15, 0.2) is 23.1 Å². The number of benzene rings is 1. The molecule has 0 aliphatic heterocycles. The van der Waals surface area contributed by atoms with Gasteiger partial charge in [-0.1, -0.05) is 26.3 Å². The minimum atomic E-state index is -4.08. The van der Waals surface area contributed by atoms with E-state index in [1.54, 1.807) is 13.8 Å². The summed E-state index contributed by atoms with van der Waals surface area (Å²) in [6, 6.07) is 2.13. The first-order chi connectivity index (χ1) is 9.19. The first-order valence-electron chi connectivity index (χ1n) is 6.20. The molecule has 0 heterocycles. The lowest BCUT2D eigenvalue weighted by atomic mass is 10.0. The van der Waals surface area contributed by atoms with E-state index in [1.807, 2.05) is 0 Å². The highest BCUT2D eigenvalue weighted by Gasteiger charge is 2.30. The average Bonchev–Trinajstić information content (AvgIpc) is 2.37. The van der Waals surface area contributed by atoms with Gasteiger partial charge in [-0.2, -0.15) is 4.72 Å². The topological polar surface area (TPSA) is 83.5 Å². The van der Waals surface area contributed by atoms with Crippen LogP contribution in [0, 0.1) is 18.7 Å². The molecule has 0 unspecified atom stereocenters. The van der Waals surface area contributed by atoms with Crippen LogP contribution < -0.4 is 4.72 Å². The molecule has 1 rings (SSSR count). The third-order valence-electron chi connectivity index (χ3n) is 3.20. The van der Waals surface area contributed by atoms with Gasteiger partial charge in [0.2, 0.25) is 10.0 Å². The number of hydrogen-bond acceptors (Lipinski definition) is 3. The average molecular weight is 303 g/mol. The summed E-state index contributed by atoms with van der Waals surface area (Å²) < 4.78 is 39.7. The van der Waals surface area contributed by atoms with E-state index in [-0.39, 0.29) is 10.8 Å². The summed E-state index contributed by atoms with van der Waals surface area (Å²) in [5.74, 6) is -2.32. The summed E-state index contributed by atoms with van der Waals surface area (Å²) in [5, 5.41) is 9.11. The van der Waals surface area contributed by atoms with Gasteiger partial charge in [0.1, 0.15) is 11.9 Å². The molecule has 112 valence electrons. The zero-order valence-corrected chi connectivity index (χ0v) is 12.4. The molecule has 1 aromatic carbocycles. The van der Waals surface area contributed by atoms with E-state index in [0.29, 0.717) is 12.0 Å². The van der Waals surface area contributed by atoms with Gasteiger partial charge in [0.25, 0.3) is 0 Å². The van der Waals surface area contributed by atoms with Crippen LogP contribution in [-0.2, 0) is 14.8 Å². The van der Waals surface area contributed by atoms with Crippen molar-refractivity contribution in [2.45, 2.75) is 38.1 Å². The van der Waals surface area contributed by atoms with Gasteiger partial charge in [0.15, 0.2) is 0 Å². The molecule has 1 aromatic rings. The Labute approximate surface area is 117 Å². The zero-order chi connectivity index (χ0) is 15.5. The number of nitrogens with one attached hydrogen (secondary N) is 1. The lowest BCUT2D eigenvalue weighted by molar-refractivity contribution is -0.140. The van der Waals surface area contributed by atoms with Crippen molar-refractivity contribution in [2.24, 2.45) is 5.92 Å². The lowest BCUT2D eigenvalue weighted by Crippen LogP contribution is -2.45. The Balaban J connectivity index is 3.16. The van der Waals surface area contributed by atoms with Crippen molar-refractivity contribution >= 4 is 16.0 Å². The summed E-state index contributed by atoms with van der Waals surface area (Å²) in [4.78, 5) is 10.9. The number of aliphatic carboxylic acids is 1. The first-order valence-corrected chi connectivity index (χ1v) is 7.68. The molecule has 5 nitrogen and oxygen atoms in total. The van der Waals surface area contributed by atoms with Crippen LogP contribution in [0.3, 0.4) is 0 Å². The van der Waals surface area contributed by atoms with E-state index in [4.69, 9.17) is 5.11 Å². The molecule has 2 atom stereocenters. The van der Waals surface area contributed by atoms with E-state index in [9.17, 15) is 17.6 Å². The van der Waals surface area contributed by atoms with Gasteiger partial charge in [-0.3, -0.25) is 4.79 Å². The van der Waals surface area contributed by atoms with Crippen molar-refractivity contribution in [1.82, 2.24) is 4.72 Å². The Morgan fingerprint density at radius 3 is 2.55 bits per heavy atom. The molecule has 0 aliphatic rings. The van der Waals surface area contributed by atoms with Crippen LogP contribution >= 0.6 is 0 Å². The third kappa shape index (κ3) is 3.77. The predicted molar refractivity (Wildman–Crippen MR) is 72.3 cm³/mol. The van der Waals surface area contributed by atoms with Crippen LogP contribution in [-0.4, -0.2) is 25.5 Å². The quantitative estimate of drug-likeness (QED) is 0.841. The summed E-state index contributed by atoms with van der Waals surface area (Å²) >= 11 is 0. The highest BCUT2D eigenvalue weighted by Crippen LogP contribution is 2.18. The number of aryl methyl sites for hydroxylation is 1. The first kappa shape index (κ1) is 16.6. The monoisotopic (exact) mass is 303 g/mol. The second-order valence-electron chi connectivity index (χ2n) is 4.73. The number of carbonyl (C=O) groups is 1. The minimum Gasteiger partial charge on any atom is -0.480 e. The Hall–Kier alpha value is -1.47. The summed E-state index contributed by atoms with van der Waals surface area (Å²) in [6.45, 7) is 4.93. The maximum atomic E-state index is 13.2. The zero-order valence-electron chi connectivity index (χ0n) is 11.6. The lowest BCUT2D eigenvalue weighted by Gasteiger charge is -2.20. The summed E-state index contributed by atoms with van der Waals surface area (Å²) in [6.07, 6.45) is 0.502. The van der Waals surface area contributed by atoms with Crippen LogP contribution in [0.1, 0.15) is 25.8 Å². The summed E-state index contributed by atoms with van der Waals surface area (Å²) in [5.41, 5.74) is 0.354. The number of carboxylic acids is 1. The maximum Gasteiger partial charge on any atom is 0.322 e. The van der Waals surface area contributed by atoms with Gasteiger partial charge < -0.3 is 5.11 Å². The van der Waals surface area contributed by atoms with Gasteiger partial charge in [-0.15, -0.1) is 0 Å². The molecule has 0 spiro atoms. The molecule has 0 amide bonds. The number of rotatable bonds is 6. The van der Waals surface area contributed by atoms with E-state index in [0.717, 1.165) is 12.1 Å². The van der Waals surface area contributed by atoms with Crippen molar-refractivity contribution in [3.05, 3.63) is 29.6 Å². The molecule has 7 heteroatoms. The largest absolute Gasteiger partial charge is 0.480 e. The second-order valence-corrected chi connectivity index (χ2v) is 6.41. The summed E-state index contributed by atoms with van der Waals surface area (Å²) in [7, 11) is -4.08. The molecular weight excluding hydrogens is 285 g/mol. The Kier molecular flexibility index (Phi) is 5.24. The van der Waals surface area contributed by atoms with Gasteiger partial charge >= 0.3 is 5.97 Å². The SMILES string of the molecule is CC[C@H](C)[C@H](NS(=O)(=O)c1cc(F)ccc1C)C(=O)O. The molecule has 0 aromatic heterocycles. The molecule has 0 saturated heterocycles. The minimum absolute atomic E-state index is 0.243. The van der Waals surface area contributed by atoms with Crippen LogP contribution in [0.5, 0.6) is 0 Å². The van der Waals surface area contributed by atoms with Crippen molar-refractivity contribution < 1.29 is 22.7 Å². The fourth-order valence-corrected chi connectivity index (χ4v) is 3.29. The Bertz CT molecular complexity index is 600.